The molecule has 2 rings (SSSR count). The van der Waals surface area contributed by atoms with E-state index in [0.29, 0.717) is 0 Å². The summed E-state index contributed by atoms with van der Waals surface area (Å²) in [4.78, 5) is 11.9. The highest BCUT2D eigenvalue weighted by atomic mass is 16.3. The third-order valence-corrected chi connectivity index (χ3v) is 2.35. The minimum atomic E-state index is -0.582. The SMILES string of the molecule is Cn1cc(C#N)c(NC(=O)c2cc(O)cc(O)c2)n1. The summed E-state index contributed by atoms with van der Waals surface area (Å²) >= 11 is 0. The standard InChI is InChI=1S/C12H10N4O3/c1-16-6-8(5-13)11(15-16)14-12(19)7-2-9(17)4-10(18)3-7/h2-4,6,17-18H,1H3,(H,14,15,19). The second-order valence-corrected chi connectivity index (χ2v) is 3.87. The third-order valence-electron chi connectivity index (χ3n) is 2.35. The van der Waals surface area contributed by atoms with Gasteiger partial charge in [0, 0.05) is 24.9 Å². The number of phenolic OH excluding ortho intramolecular Hbond substituents is 2. The van der Waals surface area contributed by atoms with E-state index in [1.165, 1.54) is 23.0 Å². The van der Waals surface area contributed by atoms with Gasteiger partial charge < -0.3 is 15.5 Å². The first-order valence-electron chi connectivity index (χ1n) is 5.27. The van der Waals surface area contributed by atoms with Gasteiger partial charge in [0.15, 0.2) is 5.82 Å². The highest BCUT2D eigenvalue weighted by molar-refractivity contribution is 6.04. The lowest BCUT2D eigenvalue weighted by molar-refractivity contribution is 0.102. The van der Waals surface area contributed by atoms with Crippen LogP contribution in [0, 0.1) is 11.3 Å². The van der Waals surface area contributed by atoms with Crippen LogP contribution in [0.3, 0.4) is 0 Å². The van der Waals surface area contributed by atoms with E-state index in [4.69, 9.17) is 5.26 Å². The van der Waals surface area contributed by atoms with Gasteiger partial charge >= 0.3 is 0 Å². The number of hydrogen-bond acceptors (Lipinski definition) is 5. The molecular weight excluding hydrogens is 248 g/mol. The third kappa shape index (κ3) is 2.63. The zero-order chi connectivity index (χ0) is 14.0. The molecule has 19 heavy (non-hydrogen) atoms. The number of carbonyl (C=O) groups is 1. The highest BCUT2D eigenvalue weighted by Crippen LogP contribution is 2.21. The molecule has 7 heteroatoms. The first-order valence-corrected chi connectivity index (χ1v) is 5.27. The lowest BCUT2D eigenvalue weighted by Crippen LogP contribution is -2.13. The minimum Gasteiger partial charge on any atom is -0.508 e. The van der Waals surface area contributed by atoms with E-state index in [9.17, 15) is 15.0 Å². The molecule has 1 heterocycles. The van der Waals surface area contributed by atoms with Gasteiger partial charge in [-0.25, -0.2) is 0 Å². The molecule has 0 spiro atoms. The van der Waals surface area contributed by atoms with Crippen LogP contribution in [0.15, 0.2) is 24.4 Å². The van der Waals surface area contributed by atoms with Gasteiger partial charge in [-0.1, -0.05) is 0 Å². The van der Waals surface area contributed by atoms with Gasteiger partial charge in [-0.3, -0.25) is 9.48 Å². The van der Waals surface area contributed by atoms with Crippen molar-refractivity contribution in [3.8, 4) is 17.6 Å². The Morgan fingerprint density at radius 3 is 2.58 bits per heavy atom. The molecule has 0 aliphatic rings. The first-order chi connectivity index (χ1) is 8.99. The molecule has 2 aromatic rings. The lowest BCUT2D eigenvalue weighted by Gasteiger charge is -2.04. The Labute approximate surface area is 108 Å². The smallest absolute Gasteiger partial charge is 0.257 e. The number of carbonyl (C=O) groups excluding carboxylic acids is 1. The van der Waals surface area contributed by atoms with Gasteiger partial charge in [-0.2, -0.15) is 10.4 Å². The summed E-state index contributed by atoms with van der Waals surface area (Å²) in [7, 11) is 1.62. The van der Waals surface area contributed by atoms with Gasteiger partial charge in [-0.05, 0) is 12.1 Å². The molecule has 1 aromatic carbocycles. The van der Waals surface area contributed by atoms with Crippen LogP contribution < -0.4 is 5.32 Å². The zero-order valence-corrected chi connectivity index (χ0v) is 9.95. The van der Waals surface area contributed by atoms with Crippen molar-refractivity contribution in [3.05, 3.63) is 35.5 Å². The van der Waals surface area contributed by atoms with Crippen LogP contribution >= 0.6 is 0 Å². The van der Waals surface area contributed by atoms with Crippen LogP contribution in [0.5, 0.6) is 11.5 Å². The molecule has 0 unspecified atom stereocenters. The van der Waals surface area contributed by atoms with Crippen LogP contribution in [-0.2, 0) is 7.05 Å². The Balaban J connectivity index is 2.28. The van der Waals surface area contributed by atoms with E-state index < -0.39 is 5.91 Å². The summed E-state index contributed by atoms with van der Waals surface area (Å²) in [6.07, 6.45) is 1.47. The number of anilines is 1. The number of aryl methyl sites for hydroxylation is 1. The van der Waals surface area contributed by atoms with Crippen LogP contribution in [-0.4, -0.2) is 25.9 Å². The molecule has 0 aliphatic heterocycles. The molecule has 96 valence electrons. The number of benzene rings is 1. The molecule has 0 saturated heterocycles. The van der Waals surface area contributed by atoms with Crippen LogP contribution in [0.2, 0.25) is 0 Å². The van der Waals surface area contributed by atoms with Crippen molar-refractivity contribution in [3.63, 3.8) is 0 Å². The monoisotopic (exact) mass is 258 g/mol. The number of amides is 1. The number of aromatic nitrogens is 2. The normalized spacial score (nSPS) is 9.89. The number of hydrogen-bond donors (Lipinski definition) is 3. The van der Waals surface area contributed by atoms with E-state index >= 15 is 0 Å². The zero-order valence-electron chi connectivity index (χ0n) is 9.95. The van der Waals surface area contributed by atoms with E-state index in [0.717, 1.165) is 6.07 Å². The first kappa shape index (κ1) is 12.4. The van der Waals surface area contributed by atoms with E-state index in [-0.39, 0.29) is 28.4 Å². The van der Waals surface area contributed by atoms with Gasteiger partial charge in [0.1, 0.15) is 23.1 Å². The number of aromatic hydroxyl groups is 2. The Bertz CT molecular complexity index is 665. The van der Waals surface area contributed by atoms with Crippen LogP contribution in [0.4, 0.5) is 5.82 Å². The second-order valence-electron chi connectivity index (χ2n) is 3.87. The quantitative estimate of drug-likeness (QED) is 0.742. The fourth-order valence-corrected chi connectivity index (χ4v) is 1.57. The van der Waals surface area contributed by atoms with Crippen molar-refractivity contribution in [2.24, 2.45) is 7.05 Å². The average molecular weight is 258 g/mol. The molecule has 3 N–H and O–H groups in total. The summed E-state index contributed by atoms with van der Waals surface area (Å²) < 4.78 is 1.40. The van der Waals surface area contributed by atoms with E-state index in [2.05, 4.69) is 10.4 Å². The Morgan fingerprint density at radius 2 is 2.00 bits per heavy atom. The summed E-state index contributed by atoms with van der Waals surface area (Å²) in [6, 6.07) is 5.41. The summed E-state index contributed by atoms with van der Waals surface area (Å²) in [5.41, 5.74) is 0.285. The summed E-state index contributed by atoms with van der Waals surface area (Å²) in [5.74, 6) is -0.919. The van der Waals surface area contributed by atoms with Gasteiger partial charge in [-0.15, -0.1) is 0 Å². The van der Waals surface area contributed by atoms with Gasteiger partial charge in [0.25, 0.3) is 5.91 Å². The van der Waals surface area contributed by atoms with Crippen molar-refractivity contribution in [1.29, 1.82) is 5.26 Å². The predicted molar refractivity (Wildman–Crippen MR) is 65.6 cm³/mol. The number of nitriles is 1. The molecule has 0 bridgehead atoms. The molecule has 0 fully saturated rings. The van der Waals surface area contributed by atoms with Crippen molar-refractivity contribution >= 4 is 11.7 Å². The Morgan fingerprint density at radius 1 is 1.37 bits per heavy atom. The van der Waals surface area contributed by atoms with E-state index in [1.807, 2.05) is 6.07 Å². The molecule has 7 nitrogen and oxygen atoms in total. The molecule has 1 amide bonds. The fourth-order valence-electron chi connectivity index (χ4n) is 1.57. The Kier molecular flexibility index (Phi) is 3.08. The predicted octanol–water partition coefficient (Wildman–Crippen LogP) is 0.955. The van der Waals surface area contributed by atoms with Crippen molar-refractivity contribution in [2.45, 2.75) is 0 Å². The number of phenols is 2. The highest BCUT2D eigenvalue weighted by Gasteiger charge is 2.13. The van der Waals surface area contributed by atoms with Crippen molar-refractivity contribution in [1.82, 2.24) is 9.78 Å². The van der Waals surface area contributed by atoms with E-state index in [1.54, 1.807) is 7.05 Å². The number of nitrogens with zero attached hydrogens (tertiary/aromatic N) is 3. The second kappa shape index (κ2) is 4.70. The maximum Gasteiger partial charge on any atom is 0.257 e. The lowest BCUT2D eigenvalue weighted by atomic mass is 10.2. The molecule has 0 radical (unpaired) electrons. The minimum absolute atomic E-state index is 0.0621. The molecule has 0 saturated carbocycles. The van der Waals surface area contributed by atoms with Crippen LogP contribution in [0.25, 0.3) is 0 Å². The maximum atomic E-state index is 11.9. The topological polar surface area (TPSA) is 111 Å². The van der Waals surface area contributed by atoms with Crippen LogP contribution in [0.1, 0.15) is 15.9 Å². The van der Waals surface area contributed by atoms with Crippen molar-refractivity contribution < 1.29 is 15.0 Å². The molecule has 1 aromatic heterocycles. The molecular formula is C12H10N4O3. The van der Waals surface area contributed by atoms with Crippen molar-refractivity contribution in [2.75, 3.05) is 5.32 Å². The molecule has 0 atom stereocenters. The summed E-state index contributed by atoms with van der Waals surface area (Å²) in [5, 5.41) is 33.8. The average Bonchev–Trinajstić information content (AvgIpc) is 2.68. The largest absolute Gasteiger partial charge is 0.508 e. The fraction of sp³-hybridized carbons (Fsp3) is 0.0833. The number of nitrogens with one attached hydrogen (secondary N) is 1. The van der Waals surface area contributed by atoms with Gasteiger partial charge in [0.2, 0.25) is 0 Å². The number of rotatable bonds is 2. The molecule has 0 aliphatic carbocycles. The summed E-state index contributed by atoms with van der Waals surface area (Å²) in [6.45, 7) is 0. The van der Waals surface area contributed by atoms with Gasteiger partial charge in [0.05, 0.1) is 0 Å². The maximum absolute atomic E-state index is 11.9. The Hall–Kier alpha value is -3.01.